The van der Waals surface area contributed by atoms with E-state index in [-0.39, 0.29) is 17.5 Å². The van der Waals surface area contributed by atoms with Crippen LogP contribution in [0.4, 0.5) is 11.4 Å². The average molecular weight is 604 g/mol. The summed E-state index contributed by atoms with van der Waals surface area (Å²) in [5, 5.41) is 3.55. The summed E-state index contributed by atoms with van der Waals surface area (Å²) in [6.07, 6.45) is 3.03. The molecule has 9 nitrogen and oxygen atoms in total. The molecule has 2 aromatic rings. The first kappa shape index (κ1) is 28.9. The van der Waals surface area contributed by atoms with Gasteiger partial charge in [-0.3, -0.25) is 9.10 Å². The fourth-order valence-electron chi connectivity index (χ4n) is 5.02. The number of para-hydroxylation sites is 1. The molecule has 13 heteroatoms. The Bertz CT molecular complexity index is 1370. The molecular weight excluding hydrogens is 571 g/mol. The lowest BCUT2D eigenvalue weighted by molar-refractivity contribution is 0.0928. The van der Waals surface area contributed by atoms with Gasteiger partial charge in [-0.25, -0.2) is 16.8 Å². The zero-order chi connectivity index (χ0) is 27.7. The second kappa shape index (κ2) is 11.6. The van der Waals surface area contributed by atoms with Crippen molar-refractivity contribution in [1.29, 1.82) is 0 Å². The topological polar surface area (TPSA) is 107 Å². The molecule has 1 aliphatic carbocycles. The van der Waals surface area contributed by atoms with E-state index in [2.05, 4.69) is 10.2 Å². The van der Waals surface area contributed by atoms with Crippen molar-refractivity contribution in [3.05, 3.63) is 58.1 Å². The summed E-state index contributed by atoms with van der Waals surface area (Å²) >= 11 is 12.2. The van der Waals surface area contributed by atoms with Crippen LogP contribution in [0.1, 0.15) is 36.0 Å². The summed E-state index contributed by atoms with van der Waals surface area (Å²) in [6.45, 7) is 1.85. The lowest BCUT2D eigenvalue weighted by atomic mass is 9.94. The summed E-state index contributed by atoms with van der Waals surface area (Å²) < 4.78 is 53.4. The molecule has 0 spiro atoms. The molecule has 1 saturated carbocycles. The van der Waals surface area contributed by atoms with Crippen LogP contribution in [-0.2, 0) is 20.0 Å². The second-order valence-electron chi connectivity index (χ2n) is 9.75. The molecule has 1 amide bonds. The molecule has 2 aliphatic rings. The van der Waals surface area contributed by atoms with E-state index in [0.29, 0.717) is 67.6 Å². The lowest BCUT2D eigenvalue weighted by Crippen LogP contribution is -2.52. The number of carbonyl (C=O) groups excluding carboxylic acids is 1. The van der Waals surface area contributed by atoms with Crippen LogP contribution in [0.25, 0.3) is 0 Å². The van der Waals surface area contributed by atoms with Gasteiger partial charge in [0.2, 0.25) is 20.0 Å². The van der Waals surface area contributed by atoms with Gasteiger partial charge in [-0.2, -0.15) is 4.31 Å². The van der Waals surface area contributed by atoms with E-state index < -0.39 is 25.3 Å². The van der Waals surface area contributed by atoms with Crippen LogP contribution in [0.15, 0.2) is 42.5 Å². The van der Waals surface area contributed by atoms with Crippen LogP contribution >= 0.6 is 23.2 Å². The number of amides is 1. The molecule has 208 valence electrons. The number of rotatable bonds is 7. The molecule has 4 rings (SSSR count). The minimum Gasteiger partial charge on any atom is -0.369 e. The molecule has 2 aromatic carbocycles. The maximum absolute atomic E-state index is 13.4. The molecule has 0 unspecified atom stereocenters. The molecule has 2 fully saturated rings. The standard InChI is InChI=1S/C25H32Cl2N4O5S2/c1-29(37(2,33)34)24-6-4-3-5-23(24)25(32)28-20-7-9-22(10-8-20)38(35,36)31-13-11-30(12-14-31)21-16-18(26)15-19(27)17-21/h3-6,15-17,20,22H,7-14H2,1-2H3,(H,28,32). The molecule has 38 heavy (non-hydrogen) atoms. The van der Waals surface area contributed by atoms with Crippen molar-refractivity contribution in [1.82, 2.24) is 9.62 Å². The maximum atomic E-state index is 13.4. The quantitative estimate of drug-likeness (QED) is 0.519. The average Bonchev–Trinajstić information content (AvgIpc) is 2.87. The number of nitrogens with one attached hydrogen (secondary N) is 1. The van der Waals surface area contributed by atoms with Crippen molar-refractivity contribution in [3.63, 3.8) is 0 Å². The minimum absolute atomic E-state index is 0.185. The Morgan fingerprint density at radius 1 is 0.921 bits per heavy atom. The Hall–Kier alpha value is -2.05. The van der Waals surface area contributed by atoms with Gasteiger partial charge in [0.05, 0.1) is 22.8 Å². The number of piperazine rings is 1. The maximum Gasteiger partial charge on any atom is 0.253 e. The van der Waals surface area contributed by atoms with Crippen LogP contribution < -0.4 is 14.5 Å². The molecular formula is C25H32Cl2N4O5S2. The van der Waals surface area contributed by atoms with E-state index in [9.17, 15) is 21.6 Å². The van der Waals surface area contributed by atoms with E-state index in [0.717, 1.165) is 16.2 Å². The first-order valence-electron chi connectivity index (χ1n) is 12.4. The van der Waals surface area contributed by atoms with Crippen molar-refractivity contribution in [3.8, 4) is 0 Å². The Morgan fingerprint density at radius 2 is 1.50 bits per heavy atom. The third-order valence-corrected chi connectivity index (χ3v) is 11.3. The number of anilines is 2. The number of hydrogen-bond acceptors (Lipinski definition) is 6. The highest BCUT2D eigenvalue weighted by Crippen LogP contribution is 2.30. The number of hydrogen-bond donors (Lipinski definition) is 1. The third kappa shape index (κ3) is 6.56. The first-order chi connectivity index (χ1) is 17.9. The molecule has 1 saturated heterocycles. The van der Waals surface area contributed by atoms with Crippen LogP contribution in [0.2, 0.25) is 10.0 Å². The number of sulfonamides is 2. The normalized spacial score (nSPS) is 21.2. The van der Waals surface area contributed by atoms with Gasteiger partial charge in [-0.15, -0.1) is 0 Å². The Morgan fingerprint density at radius 3 is 2.08 bits per heavy atom. The highest BCUT2D eigenvalue weighted by Gasteiger charge is 2.37. The van der Waals surface area contributed by atoms with Crippen molar-refractivity contribution in [2.45, 2.75) is 37.0 Å². The number of benzene rings is 2. The van der Waals surface area contributed by atoms with Gasteiger partial charge >= 0.3 is 0 Å². The monoisotopic (exact) mass is 602 g/mol. The van der Waals surface area contributed by atoms with Crippen molar-refractivity contribution < 1.29 is 21.6 Å². The van der Waals surface area contributed by atoms with Gasteiger partial charge in [0.1, 0.15) is 0 Å². The van der Waals surface area contributed by atoms with Gasteiger partial charge in [-0.1, -0.05) is 35.3 Å². The summed E-state index contributed by atoms with van der Waals surface area (Å²) in [6, 6.07) is 11.6. The van der Waals surface area contributed by atoms with Gasteiger partial charge in [0.15, 0.2) is 0 Å². The Labute approximate surface area is 234 Å². The number of halogens is 2. The van der Waals surface area contributed by atoms with Crippen molar-refractivity contribution in [2.24, 2.45) is 0 Å². The van der Waals surface area contributed by atoms with Crippen LogP contribution in [-0.4, -0.2) is 77.8 Å². The largest absolute Gasteiger partial charge is 0.369 e. The SMILES string of the molecule is CN(c1ccccc1C(=O)NC1CCC(S(=O)(=O)N2CCN(c3cc(Cl)cc(Cl)c3)CC2)CC1)S(C)(=O)=O. The van der Waals surface area contributed by atoms with Crippen LogP contribution in [0.3, 0.4) is 0 Å². The van der Waals surface area contributed by atoms with E-state index in [4.69, 9.17) is 23.2 Å². The van der Waals surface area contributed by atoms with Crippen molar-refractivity contribution >= 4 is 60.5 Å². The van der Waals surface area contributed by atoms with Gasteiger partial charge in [-0.05, 0) is 56.0 Å². The summed E-state index contributed by atoms with van der Waals surface area (Å²) in [5.41, 5.74) is 1.43. The summed E-state index contributed by atoms with van der Waals surface area (Å²) in [4.78, 5) is 15.1. The predicted molar refractivity (Wildman–Crippen MR) is 152 cm³/mol. The van der Waals surface area contributed by atoms with E-state index >= 15 is 0 Å². The van der Waals surface area contributed by atoms with Crippen molar-refractivity contribution in [2.75, 3.05) is 48.7 Å². The molecule has 0 aromatic heterocycles. The first-order valence-corrected chi connectivity index (χ1v) is 16.5. The molecule has 0 bridgehead atoms. The van der Waals surface area contributed by atoms with Gasteiger partial charge in [0, 0.05) is 55.0 Å². The number of carbonyl (C=O) groups is 1. The molecule has 0 atom stereocenters. The zero-order valence-electron chi connectivity index (χ0n) is 21.3. The zero-order valence-corrected chi connectivity index (χ0v) is 24.5. The smallest absolute Gasteiger partial charge is 0.253 e. The van der Waals surface area contributed by atoms with Gasteiger partial charge in [0.25, 0.3) is 5.91 Å². The summed E-state index contributed by atoms with van der Waals surface area (Å²) in [5.74, 6) is -0.375. The molecule has 0 radical (unpaired) electrons. The molecule has 1 N–H and O–H groups in total. The van der Waals surface area contributed by atoms with E-state index in [1.54, 1.807) is 34.6 Å². The predicted octanol–water partition coefficient (Wildman–Crippen LogP) is 3.58. The lowest BCUT2D eigenvalue weighted by Gasteiger charge is -2.38. The Balaban J connectivity index is 1.33. The fourth-order valence-corrected chi connectivity index (χ4v) is 8.01. The highest BCUT2D eigenvalue weighted by molar-refractivity contribution is 7.92. The second-order valence-corrected chi connectivity index (χ2v) is 14.9. The van der Waals surface area contributed by atoms with E-state index in [1.807, 2.05) is 12.1 Å². The number of nitrogens with zero attached hydrogens (tertiary/aromatic N) is 3. The van der Waals surface area contributed by atoms with E-state index in [1.165, 1.54) is 7.05 Å². The minimum atomic E-state index is -3.54. The molecule has 1 heterocycles. The third-order valence-electron chi connectivity index (χ3n) is 7.23. The summed E-state index contributed by atoms with van der Waals surface area (Å²) in [7, 11) is -5.61. The molecule has 1 aliphatic heterocycles. The Kier molecular flexibility index (Phi) is 8.83. The van der Waals surface area contributed by atoms with Gasteiger partial charge < -0.3 is 10.2 Å². The van der Waals surface area contributed by atoms with Crippen LogP contribution in [0.5, 0.6) is 0 Å². The highest BCUT2D eigenvalue weighted by atomic mass is 35.5. The van der Waals surface area contributed by atoms with Crippen LogP contribution in [0, 0.1) is 0 Å². The fraction of sp³-hybridized carbons (Fsp3) is 0.480.